The van der Waals surface area contributed by atoms with Crippen molar-refractivity contribution in [1.82, 2.24) is 10.3 Å². The number of pyridine rings is 1. The summed E-state index contributed by atoms with van der Waals surface area (Å²) in [5, 5.41) is 3.40. The molecule has 0 radical (unpaired) electrons. The molecule has 6 nitrogen and oxygen atoms in total. The summed E-state index contributed by atoms with van der Waals surface area (Å²) in [6, 6.07) is 26.4. The number of amidine groups is 1. The Kier molecular flexibility index (Phi) is 7.94. The summed E-state index contributed by atoms with van der Waals surface area (Å²) in [5.41, 5.74) is -4.05. The van der Waals surface area contributed by atoms with Gasteiger partial charge in [-0.25, -0.2) is 14.4 Å². The van der Waals surface area contributed by atoms with Gasteiger partial charge in [0, 0.05) is 0 Å². The van der Waals surface area contributed by atoms with Crippen LogP contribution in [0.15, 0.2) is 101 Å². The molecule has 0 fully saturated rings. The van der Waals surface area contributed by atoms with Crippen LogP contribution in [-0.4, -0.2) is 36.7 Å². The fourth-order valence-electron chi connectivity index (χ4n) is 5.45. The molecule has 5 rings (SSSR count). The Labute approximate surface area is 257 Å². The van der Waals surface area contributed by atoms with Gasteiger partial charge in [-0.1, -0.05) is 54.6 Å². The first-order valence-corrected chi connectivity index (χ1v) is 14.3. The fraction of sp³-hybridized carbons (Fsp3) is 0.273. The maximum atomic E-state index is 16.3. The maximum absolute atomic E-state index is 16.3. The summed E-state index contributed by atoms with van der Waals surface area (Å²) in [4.78, 5) is 8.54. The van der Waals surface area contributed by atoms with Gasteiger partial charge < -0.3 is 19.5 Å². The van der Waals surface area contributed by atoms with Crippen molar-refractivity contribution in [3.05, 3.63) is 124 Å². The van der Waals surface area contributed by atoms with Gasteiger partial charge in [-0.2, -0.15) is 8.78 Å². The van der Waals surface area contributed by atoms with Crippen LogP contribution in [0.25, 0.3) is 0 Å². The first kappa shape index (κ1) is 30.4. The Morgan fingerprint density at radius 1 is 0.767 bits per heavy atom. The molecule has 10 heteroatoms. The van der Waals surface area contributed by atoms with Crippen LogP contribution in [0.1, 0.15) is 43.2 Å². The van der Waals surface area contributed by atoms with E-state index in [0.29, 0.717) is 11.5 Å². The third kappa shape index (κ3) is 5.11. The van der Waals surface area contributed by atoms with E-state index in [-0.39, 0.29) is 10.6 Å². The number of aromatic nitrogens is 1. The van der Waals surface area contributed by atoms with Crippen molar-refractivity contribution in [1.29, 1.82) is 0 Å². The molecule has 1 atom stereocenters. The largest absolute Gasteiger partial charge is 0.497 e. The number of nitrogens with one attached hydrogen (secondary N) is 1. The van der Waals surface area contributed by atoms with Crippen molar-refractivity contribution in [2.24, 2.45) is 4.99 Å². The Morgan fingerprint density at radius 2 is 1.28 bits per heavy atom. The van der Waals surface area contributed by atoms with Crippen LogP contribution in [0.5, 0.6) is 11.5 Å². The zero-order valence-corrected chi connectivity index (χ0v) is 25.9. The number of alkyl halides is 2. The van der Waals surface area contributed by atoms with Crippen LogP contribution in [0.4, 0.5) is 13.2 Å². The quantitative estimate of drug-likeness (QED) is 0.164. The van der Waals surface area contributed by atoms with Gasteiger partial charge in [-0.15, -0.1) is 0 Å². The zero-order chi connectivity index (χ0) is 31.0. The average Bonchev–Trinajstić information content (AvgIpc) is 3.00. The van der Waals surface area contributed by atoms with E-state index in [0.717, 1.165) is 22.8 Å². The molecule has 224 valence electrons. The molecule has 4 aromatic rings. The van der Waals surface area contributed by atoms with Crippen LogP contribution >= 0.6 is 15.9 Å². The Balaban J connectivity index is 1.80. The van der Waals surface area contributed by atoms with Gasteiger partial charge in [0.25, 0.3) is 6.02 Å². The molecule has 1 N–H and O–H groups in total. The lowest BCUT2D eigenvalue weighted by atomic mass is 9.76. The lowest BCUT2D eigenvalue weighted by molar-refractivity contribution is -0.210. The molecule has 0 bridgehead atoms. The summed E-state index contributed by atoms with van der Waals surface area (Å²) in [5.74, 6) is -3.31. The van der Waals surface area contributed by atoms with Crippen LogP contribution < -0.4 is 14.8 Å². The van der Waals surface area contributed by atoms with E-state index in [9.17, 15) is 0 Å². The van der Waals surface area contributed by atoms with Crippen molar-refractivity contribution >= 4 is 22.0 Å². The number of aliphatic imine (C=N–C) groups is 1. The second-order valence-corrected chi connectivity index (χ2v) is 11.7. The lowest BCUT2D eigenvalue weighted by Crippen LogP contribution is -2.64. The van der Waals surface area contributed by atoms with Gasteiger partial charge in [0.15, 0.2) is 11.1 Å². The lowest BCUT2D eigenvalue weighted by Gasteiger charge is -2.48. The van der Waals surface area contributed by atoms with Gasteiger partial charge in [-0.3, -0.25) is 0 Å². The smallest absolute Gasteiger partial charge is 0.316 e. The number of ether oxygens (including phenoxy) is 3. The Morgan fingerprint density at radius 3 is 1.79 bits per heavy atom. The Bertz CT molecular complexity index is 1580. The van der Waals surface area contributed by atoms with E-state index in [2.05, 4.69) is 31.2 Å². The second kappa shape index (κ2) is 11.2. The van der Waals surface area contributed by atoms with Crippen molar-refractivity contribution in [3.8, 4) is 11.5 Å². The number of methoxy groups -OCH3 is 2. The fourth-order valence-corrected chi connectivity index (χ4v) is 5.76. The molecule has 1 aliphatic heterocycles. The summed E-state index contributed by atoms with van der Waals surface area (Å²) in [7, 11) is 3.15. The van der Waals surface area contributed by atoms with E-state index >= 15 is 13.2 Å². The minimum absolute atomic E-state index is 0.199. The summed E-state index contributed by atoms with van der Waals surface area (Å²) in [6.07, 6.45) is 0. The molecule has 2 heterocycles. The van der Waals surface area contributed by atoms with E-state index in [1.807, 2.05) is 78.9 Å². The van der Waals surface area contributed by atoms with Crippen molar-refractivity contribution < 1.29 is 27.4 Å². The number of benzene rings is 3. The Hall–Kier alpha value is -4.05. The van der Waals surface area contributed by atoms with Gasteiger partial charge >= 0.3 is 5.92 Å². The third-order valence-corrected chi connectivity index (χ3v) is 8.31. The van der Waals surface area contributed by atoms with Crippen molar-refractivity contribution in [2.45, 2.75) is 43.4 Å². The predicted molar refractivity (Wildman–Crippen MR) is 162 cm³/mol. The topological polar surface area (TPSA) is 65.0 Å². The molecule has 0 unspecified atom stereocenters. The highest BCUT2D eigenvalue weighted by atomic mass is 79.9. The molecule has 0 spiro atoms. The van der Waals surface area contributed by atoms with Gasteiger partial charge in [0.1, 0.15) is 33.2 Å². The number of rotatable bonds is 7. The zero-order valence-electron chi connectivity index (χ0n) is 24.3. The van der Waals surface area contributed by atoms with Crippen LogP contribution in [0.2, 0.25) is 0 Å². The molecular formula is C33H31BrF3N3O3. The van der Waals surface area contributed by atoms with E-state index < -0.39 is 34.1 Å². The predicted octanol–water partition coefficient (Wildman–Crippen LogP) is 7.60. The molecule has 0 saturated carbocycles. The first-order valence-electron chi connectivity index (χ1n) is 13.5. The number of hydrogen-bond donors (Lipinski definition) is 1. The molecule has 0 saturated heterocycles. The number of halogens is 4. The number of nitrogens with zero attached hydrogens (tertiary/aromatic N) is 2. The molecular weight excluding hydrogens is 623 g/mol. The SMILES string of the molecule is COc1ccc(C(NC2=N[C@](C)(c3nc(Br)ccc3F)C(F)(F)C(C)(C)O2)(c2ccccc2)c2ccc(OC)cc2)cc1. The minimum atomic E-state index is -3.67. The summed E-state index contributed by atoms with van der Waals surface area (Å²) >= 11 is 3.19. The second-order valence-electron chi connectivity index (χ2n) is 10.8. The van der Waals surface area contributed by atoms with E-state index in [4.69, 9.17) is 14.2 Å². The van der Waals surface area contributed by atoms with Crippen LogP contribution in [0.3, 0.4) is 0 Å². The van der Waals surface area contributed by atoms with Crippen molar-refractivity contribution in [2.75, 3.05) is 14.2 Å². The monoisotopic (exact) mass is 653 g/mol. The van der Waals surface area contributed by atoms with E-state index in [1.165, 1.54) is 26.8 Å². The molecule has 0 amide bonds. The van der Waals surface area contributed by atoms with Gasteiger partial charge in [0.2, 0.25) is 0 Å². The van der Waals surface area contributed by atoms with E-state index in [1.54, 1.807) is 14.2 Å². The van der Waals surface area contributed by atoms with Gasteiger partial charge in [-0.05, 0) is 89.8 Å². The maximum Gasteiger partial charge on any atom is 0.316 e. The summed E-state index contributed by atoms with van der Waals surface area (Å²) in [6.45, 7) is 3.67. The number of hydrogen-bond acceptors (Lipinski definition) is 6. The minimum Gasteiger partial charge on any atom is -0.497 e. The first-order chi connectivity index (χ1) is 20.4. The average molecular weight is 655 g/mol. The van der Waals surface area contributed by atoms with Crippen molar-refractivity contribution in [3.63, 3.8) is 0 Å². The summed E-state index contributed by atoms with van der Waals surface area (Å²) < 4.78 is 64.7. The van der Waals surface area contributed by atoms with Gasteiger partial charge in [0.05, 0.1) is 14.2 Å². The molecule has 1 aliphatic rings. The standard InChI is InChI=1S/C33H31BrF3N3O3/c1-30(2)33(36,37)31(3,28-26(35)19-20-27(34)38-28)39-29(43-30)40-32(21-9-7-6-8-10-21,22-11-15-24(41-4)16-12-22)23-13-17-25(42-5)18-14-23/h6-20H,1-5H3,(H,39,40)/t31-/m1/s1. The highest BCUT2D eigenvalue weighted by Crippen LogP contribution is 2.52. The van der Waals surface area contributed by atoms with Crippen LogP contribution in [-0.2, 0) is 15.8 Å². The normalized spacial score (nSPS) is 19.1. The van der Waals surface area contributed by atoms with Crippen LogP contribution in [0, 0.1) is 5.82 Å². The molecule has 3 aromatic carbocycles. The molecule has 1 aromatic heterocycles. The molecule has 0 aliphatic carbocycles. The third-order valence-electron chi connectivity index (χ3n) is 7.86. The highest BCUT2D eigenvalue weighted by molar-refractivity contribution is 9.10. The molecule has 43 heavy (non-hydrogen) atoms. The highest BCUT2D eigenvalue weighted by Gasteiger charge is 2.67.